The number of unbranched alkanes of at least 4 members (excludes halogenated alkanes) is 1. The van der Waals surface area contributed by atoms with Crippen LogP contribution in [0, 0.1) is 0 Å². The third kappa shape index (κ3) is 1.73. The molecule has 2 aromatic rings. The summed E-state index contributed by atoms with van der Waals surface area (Å²) in [5.74, 6) is 0. The minimum atomic E-state index is 1.17. The van der Waals surface area contributed by atoms with Crippen LogP contribution in [0.2, 0.25) is 0 Å². The highest BCUT2D eigenvalue weighted by molar-refractivity contribution is 7.20. The average Bonchev–Trinajstić information content (AvgIpc) is 2.86. The summed E-state index contributed by atoms with van der Waals surface area (Å²) in [4.78, 5) is 1.55. The third-order valence-corrected chi connectivity index (χ3v) is 5.57. The Morgan fingerprint density at radius 3 is 2.83 bits per heavy atom. The number of aryl methyl sites for hydroxylation is 1. The summed E-state index contributed by atoms with van der Waals surface area (Å²) in [5, 5.41) is 1.51. The van der Waals surface area contributed by atoms with Crippen molar-refractivity contribution in [3.8, 4) is 0 Å². The summed E-state index contributed by atoms with van der Waals surface area (Å²) in [5.41, 5.74) is 6.22. The van der Waals surface area contributed by atoms with Crippen molar-refractivity contribution >= 4 is 27.0 Å². The van der Waals surface area contributed by atoms with Crippen LogP contribution in [0.4, 0.5) is 0 Å². The quantitative estimate of drug-likeness (QED) is 0.671. The molecule has 0 unspecified atom stereocenters. The van der Waals surface area contributed by atoms with Gasteiger partial charge >= 0.3 is 0 Å². The van der Waals surface area contributed by atoms with Crippen LogP contribution in [-0.2, 0) is 12.8 Å². The van der Waals surface area contributed by atoms with Crippen LogP contribution in [0.1, 0.15) is 49.6 Å². The zero-order chi connectivity index (χ0) is 12.7. The maximum absolute atomic E-state index is 2.32. The highest BCUT2D eigenvalue weighted by Gasteiger charge is 2.21. The summed E-state index contributed by atoms with van der Waals surface area (Å²) in [6.45, 7) is 6.82. The van der Waals surface area contributed by atoms with Crippen molar-refractivity contribution < 1.29 is 0 Å². The minimum absolute atomic E-state index is 1.17. The van der Waals surface area contributed by atoms with E-state index < -0.39 is 0 Å². The second-order valence-electron chi connectivity index (χ2n) is 5.39. The van der Waals surface area contributed by atoms with E-state index in [1.165, 1.54) is 36.6 Å². The molecule has 0 fully saturated rings. The molecule has 0 N–H and O–H groups in total. The van der Waals surface area contributed by atoms with Gasteiger partial charge in [-0.25, -0.2) is 0 Å². The lowest BCUT2D eigenvalue weighted by Gasteiger charge is -2.03. The predicted octanol–water partition coefficient (Wildman–Crippen LogP) is 5.59. The Morgan fingerprint density at radius 1 is 1.22 bits per heavy atom. The molecule has 0 saturated heterocycles. The van der Waals surface area contributed by atoms with Gasteiger partial charge in [-0.1, -0.05) is 37.1 Å². The molecule has 0 atom stereocenters. The Hall–Kier alpha value is -1.08. The molecular formula is C17H20S. The summed E-state index contributed by atoms with van der Waals surface area (Å²) < 4.78 is 1.54. The predicted molar refractivity (Wildman–Crippen MR) is 82.4 cm³/mol. The van der Waals surface area contributed by atoms with Gasteiger partial charge in [0.15, 0.2) is 0 Å². The van der Waals surface area contributed by atoms with Gasteiger partial charge < -0.3 is 0 Å². The van der Waals surface area contributed by atoms with E-state index in [4.69, 9.17) is 0 Å². The second kappa shape index (κ2) is 4.55. The first-order valence-electron chi connectivity index (χ1n) is 6.92. The first-order chi connectivity index (χ1) is 8.72. The normalized spacial score (nSPS) is 14.6. The molecule has 3 rings (SSSR count). The lowest BCUT2D eigenvalue weighted by atomic mass is 10.0. The van der Waals surface area contributed by atoms with E-state index in [0.29, 0.717) is 0 Å². The standard InChI is InChI=1S/C17H20S/c1-4-5-7-13-8-6-9-14-15-10-11(2)12(3)16(15)18-17(13)14/h6,8-9H,4-5,7,10H2,1-3H3. The Morgan fingerprint density at radius 2 is 2.06 bits per heavy atom. The number of rotatable bonds is 3. The van der Waals surface area contributed by atoms with E-state index in [-0.39, 0.29) is 0 Å². The minimum Gasteiger partial charge on any atom is -0.135 e. The van der Waals surface area contributed by atoms with Crippen LogP contribution < -0.4 is 0 Å². The molecule has 1 heterocycles. The Labute approximate surface area is 113 Å². The summed E-state index contributed by atoms with van der Waals surface area (Å²) in [6, 6.07) is 6.87. The van der Waals surface area contributed by atoms with E-state index in [0.717, 1.165) is 0 Å². The van der Waals surface area contributed by atoms with Crippen molar-refractivity contribution in [2.45, 2.75) is 46.5 Å². The molecule has 1 aliphatic rings. The highest BCUT2D eigenvalue weighted by Crippen LogP contribution is 2.44. The van der Waals surface area contributed by atoms with Crippen LogP contribution >= 0.6 is 11.3 Å². The van der Waals surface area contributed by atoms with Crippen LogP contribution in [0.5, 0.6) is 0 Å². The summed E-state index contributed by atoms with van der Waals surface area (Å²) in [7, 11) is 0. The molecule has 1 aromatic carbocycles. The second-order valence-corrected chi connectivity index (χ2v) is 6.41. The zero-order valence-corrected chi connectivity index (χ0v) is 12.3. The number of benzene rings is 1. The van der Waals surface area contributed by atoms with Crippen LogP contribution in [0.3, 0.4) is 0 Å². The van der Waals surface area contributed by atoms with Gasteiger partial charge in [0.1, 0.15) is 0 Å². The van der Waals surface area contributed by atoms with Gasteiger partial charge in [0, 0.05) is 9.58 Å². The third-order valence-electron chi connectivity index (χ3n) is 4.12. The fourth-order valence-electron chi connectivity index (χ4n) is 2.86. The molecule has 1 heteroatoms. The molecule has 0 amide bonds. The van der Waals surface area contributed by atoms with Crippen LogP contribution in [0.15, 0.2) is 23.8 Å². The van der Waals surface area contributed by atoms with E-state index in [2.05, 4.69) is 39.0 Å². The van der Waals surface area contributed by atoms with Gasteiger partial charge in [-0.2, -0.15) is 0 Å². The zero-order valence-electron chi connectivity index (χ0n) is 11.5. The summed E-state index contributed by atoms with van der Waals surface area (Å²) in [6.07, 6.45) is 4.97. The fraction of sp³-hybridized carbons (Fsp3) is 0.412. The first-order valence-corrected chi connectivity index (χ1v) is 7.74. The SMILES string of the molecule is CCCCc1cccc2c3c(sc12)C(C)=C(C)C3. The van der Waals surface area contributed by atoms with E-state index in [1.54, 1.807) is 26.3 Å². The van der Waals surface area contributed by atoms with E-state index in [9.17, 15) is 0 Å². The first kappa shape index (κ1) is 12.0. The molecule has 1 aliphatic carbocycles. The molecule has 94 valence electrons. The van der Waals surface area contributed by atoms with E-state index in [1.807, 2.05) is 11.3 Å². The van der Waals surface area contributed by atoms with Crippen molar-refractivity contribution in [2.24, 2.45) is 0 Å². The van der Waals surface area contributed by atoms with Gasteiger partial charge in [0.25, 0.3) is 0 Å². The van der Waals surface area contributed by atoms with Gasteiger partial charge in [-0.3, -0.25) is 0 Å². The average molecular weight is 256 g/mol. The van der Waals surface area contributed by atoms with E-state index >= 15 is 0 Å². The number of allylic oxidation sites excluding steroid dienone is 2. The molecule has 0 radical (unpaired) electrons. The molecule has 18 heavy (non-hydrogen) atoms. The maximum atomic E-state index is 2.32. The number of hydrogen-bond acceptors (Lipinski definition) is 1. The summed E-state index contributed by atoms with van der Waals surface area (Å²) >= 11 is 2.02. The largest absolute Gasteiger partial charge is 0.135 e. The Kier molecular flexibility index (Phi) is 3.03. The molecule has 1 aromatic heterocycles. The van der Waals surface area contributed by atoms with Crippen molar-refractivity contribution in [3.63, 3.8) is 0 Å². The van der Waals surface area contributed by atoms with Gasteiger partial charge in [0.05, 0.1) is 0 Å². The van der Waals surface area contributed by atoms with Gasteiger partial charge in [-0.05, 0) is 55.2 Å². The fourth-order valence-corrected chi connectivity index (χ4v) is 4.30. The Balaban J connectivity index is 2.14. The molecule has 0 bridgehead atoms. The molecule has 0 saturated carbocycles. The monoisotopic (exact) mass is 256 g/mol. The van der Waals surface area contributed by atoms with Gasteiger partial charge in [0.2, 0.25) is 0 Å². The maximum Gasteiger partial charge on any atom is 0.0384 e. The van der Waals surface area contributed by atoms with Crippen molar-refractivity contribution in [3.05, 3.63) is 39.8 Å². The molecule has 0 nitrogen and oxygen atoms in total. The van der Waals surface area contributed by atoms with Crippen molar-refractivity contribution in [1.29, 1.82) is 0 Å². The Bertz CT molecular complexity index is 628. The molecule has 0 aliphatic heterocycles. The van der Waals surface area contributed by atoms with Crippen LogP contribution in [-0.4, -0.2) is 0 Å². The number of fused-ring (bicyclic) bond motifs is 3. The molecule has 0 spiro atoms. The lowest BCUT2D eigenvalue weighted by Crippen LogP contribution is -1.85. The smallest absolute Gasteiger partial charge is 0.0384 e. The van der Waals surface area contributed by atoms with Gasteiger partial charge in [-0.15, -0.1) is 11.3 Å². The number of hydrogen-bond donors (Lipinski definition) is 0. The molecular weight excluding hydrogens is 236 g/mol. The lowest BCUT2D eigenvalue weighted by molar-refractivity contribution is 0.799. The topological polar surface area (TPSA) is 0 Å². The van der Waals surface area contributed by atoms with Crippen LogP contribution in [0.25, 0.3) is 15.7 Å². The van der Waals surface area contributed by atoms with Crippen molar-refractivity contribution in [1.82, 2.24) is 0 Å². The number of thiophene rings is 1. The van der Waals surface area contributed by atoms with Crippen molar-refractivity contribution in [2.75, 3.05) is 0 Å². The highest BCUT2D eigenvalue weighted by atomic mass is 32.1.